The van der Waals surface area contributed by atoms with Crippen LogP contribution in [0.4, 0.5) is 0 Å². The molecule has 1 aliphatic heterocycles. The summed E-state index contributed by atoms with van der Waals surface area (Å²) in [5, 5.41) is 15.5. The van der Waals surface area contributed by atoms with E-state index in [1.807, 2.05) is 12.2 Å². The van der Waals surface area contributed by atoms with Gasteiger partial charge < -0.3 is 11.1 Å². The zero-order valence-electron chi connectivity index (χ0n) is 7.68. The van der Waals surface area contributed by atoms with Gasteiger partial charge in [-0.15, -0.1) is 5.10 Å². The van der Waals surface area contributed by atoms with Crippen molar-refractivity contribution in [2.24, 2.45) is 10.8 Å². The lowest BCUT2D eigenvalue weighted by Gasteiger charge is -2.04. The fourth-order valence-corrected chi connectivity index (χ4v) is 0.787. The van der Waals surface area contributed by atoms with Gasteiger partial charge >= 0.3 is 0 Å². The maximum atomic E-state index is 9.93. The molecule has 1 heterocycles. The molecule has 5 N–H and O–H groups in total. The van der Waals surface area contributed by atoms with Crippen LogP contribution in [0.1, 0.15) is 0 Å². The molecule has 15 heavy (non-hydrogen) atoms. The summed E-state index contributed by atoms with van der Waals surface area (Å²) >= 11 is 0. The average molecular weight is 210 g/mol. The van der Waals surface area contributed by atoms with E-state index >= 15 is 0 Å². The molecule has 0 aliphatic carbocycles. The Bertz CT molecular complexity index is 356. The quantitative estimate of drug-likeness (QED) is 0.207. The molecule has 0 spiro atoms. The highest BCUT2D eigenvalue weighted by Gasteiger charge is 1.97. The van der Waals surface area contributed by atoms with Gasteiger partial charge in [-0.2, -0.15) is 0 Å². The summed E-state index contributed by atoms with van der Waals surface area (Å²) in [4.78, 5) is 9.93. The van der Waals surface area contributed by atoms with Crippen molar-refractivity contribution < 1.29 is 5.03 Å². The number of hydrogen-bond acceptors (Lipinski definition) is 5. The summed E-state index contributed by atoms with van der Waals surface area (Å²) in [6, 6.07) is 0. The van der Waals surface area contributed by atoms with Gasteiger partial charge in [-0.3, -0.25) is 5.43 Å². The zero-order valence-corrected chi connectivity index (χ0v) is 7.68. The van der Waals surface area contributed by atoms with Crippen LogP contribution in [0, 0.1) is 10.1 Å². The normalized spacial score (nSPS) is 17.3. The number of hydrazine groups is 1. The van der Waals surface area contributed by atoms with Crippen molar-refractivity contribution >= 4 is 5.96 Å². The molecule has 80 valence electrons. The first-order valence-electron chi connectivity index (χ1n) is 3.98. The zero-order chi connectivity index (χ0) is 11.1. The van der Waals surface area contributed by atoms with Crippen LogP contribution in [0.3, 0.4) is 0 Å². The van der Waals surface area contributed by atoms with Crippen molar-refractivity contribution in [2.75, 3.05) is 0 Å². The van der Waals surface area contributed by atoms with Gasteiger partial charge in [0, 0.05) is 12.4 Å². The Hall–Kier alpha value is -2.51. The smallest absolute Gasteiger partial charge is 0.273 e. The van der Waals surface area contributed by atoms with E-state index in [9.17, 15) is 10.1 Å². The highest BCUT2D eigenvalue weighted by molar-refractivity contribution is 5.76. The van der Waals surface area contributed by atoms with Crippen LogP contribution in [-0.2, 0) is 0 Å². The van der Waals surface area contributed by atoms with Crippen molar-refractivity contribution in [3.8, 4) is 0 Å². The van der Waals surface area contributed by atoms with E-state index < -0.39 is 5.03 Å². The van der Waals surface area contributed by atoms with E-state index in [1.165, 1.54) is 6.20 Å². The largest absolute Gasteiger partial charge is 0.364 e. The van der Waals surface area contributed by atoms with E-state index in [-0.39, 0.29) is 5.96 Å². The second kappa shape index (κ2) is 5.27. The first-order chi connectivity index (χ1) is 7.18. The number of nitrogens with one attached hydrogen (secondary N) is 3. The Balaban J connectivity index is 2.40. The molecule has 0 amide bonds. The van der Waals surface area contributed by atoms with Gasteiger partial charge in [0.25, 0.3) is 5.96 Å². The number of guanidine groups is 1. The molecule has 0 radical (unpaired) electrons. The van der Waals surface area contributed by atoms with Gasteiger partial charge in [0.15, 0.2) is 5.03 Å². The minimum atomic E-state index is -0.796. The Labute approximate surface area is 85.3 Å². The van der Waals surface area contributed by atoms with E-state index in [0.29, 0.717) is 0 Å². The molecule has 0 unspecified atom stereocenters. The Morgan fingerprint density at radius 3 is 3.07 bits per heavy atom. The van der Waals surface area contributed by atoms with Gasteiger partial charge in [0.1, 0.15) is 0 Å². The second-order valence-corrected chi connectivity index (χ2v) is 2.46. The highest BCUT2D eigenvalue weighted by Crippen LogP contribution is 1.95. The highest BCUT2D eigenvalue weighted by atomic mass is 16.7. The fraction of sp³-hybridized carbons (Fsp3) is 0. The Kier molecular flexibility index (Phi) is 3.71. The fourth-order valence-electron chi connectivity index (χ4n) is 0.787. The van der Waals surface area contributed by atoms with Gasteiger partial charge in [0.05, 0.1) is 5.70 Å². The monoisotopic (exact) mass is 210 g/mol. The number of hydrazone groups is 1. The van der Waals surface area contributed by atoms with Crippen LogP contribution in [0.15, 0.2) is 41.4 Å². The number of allylic oxidation sites excluding steroid dienone is 3. The standard InChI is InChI=1S/C7H10N6O2/c8-7(12-13(14)15)11-10-5-6-3-1-2-4-9-6/h1-5,9-10H,(H3,8,11,12). The third-order valence-electron chi connectivity index (χ3n) is 1.34. The van der Waals surface area contributed by atoms with E-state index in [2.05, 4.69) is 15.8 Å². The van der Waals surface area contributed by atoms with E-state index in [0.717, 1.165) is 5.70 Å². The summed E-state index contributed by atoms with van der Waals surface area (Å²) in [6.45, 7) is 0. The molecule has 1 aliphatic rings. The maximum absolute atomic E-state index is 9.93. The molecule has 8 heteroatoms. The minimum absolute atomic E-state index is 0.327. The average Bonchev–Trinajstić information content (AvgIpc) is 2.18. The molecule has 0 aromatic heterocycles. The first-order valence-corrected chi connectivity index (χ1v) is 3.98. The van der Waals surface area contributed by atoms with Gasteiger partial charge in [-0.05, 0) is 12.2 Å². The van der Waals surface area contributed by atoms with Crippen molar-refractivity contribution in [1.29, 1.82) is 0 Å². The SMILES string of the molecule is NC(=NNC=C1C=CC=CN1)N[N+](=O)[O-]. The Morgan fingerprint density at radius 2 is 2.47 bits per heavy atom. The number of hydrogen-bond donors (Lipinski definition) is 4. The number of nitrogens with two attached hydrogens (primary N) is 1. The molecular formula is C7H10N6O2. The molecule has 0 atom stereocenters. The van der Waals surface area contributed by atoms with Crippen LogP contribution < -0.4 is 21.9 Å². The van der Waals surface area contributed by atoms with E-state index in [1.54, 1.807) is 17.7 Å². The van der Waals surface area contributed by atoms with Crippen LogP contribution in [-0.4, -0.2) is 11.0 Å². The van der Waals surface area contributed by atoms with Crippen LogP contribution >= 0.6 is 0 Å². The van der Waals surface area contributed by atoms with Crippen LogP contribution in [0.2, 0.25) is 0 Å². The van der Waals surface area contributed by atoms with Gasteiger partial charge in [0.2, 0.25) is 0 Å². The predicted molar refractivity (Wildman–Crippen MR) is 54.4 cm³/mol. The summed E-state index contributed by atoms with van der Waals surface area (Å²) in [5.41, 5.74) is 10.0. The number of rotatable bonds is 3. The molecule has 0 aromatic carbocycles. The lowest BCUT2D eigenvalue weighted by atomic mass is 10.3. The molecule has 0 saturated heterocycles. The van der Waals surface area contributed by atoms with Crippen LogP contribution in [0.5, 0.6) is 0 Å². The van der Waals surface area contributed by atoms with Crippen LogP contribution in [0.25, 0.3) is 0 Å². The van der Waals surface area contributed by atoms with Gasteiger partial charge in [-0.25, -0.2) is 10.1 Å². The number of dihydropyridines is 1. The predicted octanol–water partition coefficient (Wildman–Crippen LogP) is -0.898. The molecule has 0 bridgehead atoms. The summed E-state index contributed by atoms with van der Waals surface area (Å²) in [7, 11) is 0. The second-order valence-electron chi connectivity index (χ2n) is 2.46. The molecular weight excluding hydrogens is 200 g/mol. The van der Waals surface area contributed by atoms with Crippen molar-refractivity contribution in [2.45, 2.75) is 0 Å². The van der Waals surface area contributed by atoms with E-state index in [4.69, 9.17) is 5.73 Å². The maximum Gasteiger partial charge on any atom is 0.273 e. The molecule has 8 nitrogen and oxygen atoms in total. The van der Waals surface area contributed by atoms with Crippen molar-refractivity contribution in [1.82, 2.24) is 16.2 Å². The molecule has 0 aromatic rings. The topological polar surface area (TPSA) is 118 Å². The van der Waals surface area contributed by atoms with Crippen molar-refractivity contribution in [3.63, 3.8) is 0 Å². The lowest BCUT2D eigenvalue weighted by Crippen LogP contribution is -2.37. The number of nitrogens with zero attached hydrogens (tertiary/aromatic N) is 2. The minimum Gasteiger partial charge on any atom is -0.364 e. The van der Waals surface area contributed by atoms with Gasteiger partial charge in [-0.1, -0.05) is 11.5 Å². The van der Waals surface area contributed by atoms with Crippen molar-refractivity contribution in [3.05, 3.63) is 46.4 Å². The molecule has 0 fully saturated rings. The summed E-state index contributed by atoms with van der Waals surface area (Å²) < 4.78 is 0. The Morgan fingerprint density at radius 1 is 1.67 bits per heavy atom. The summed E-state index contributed by atoms with van der Waals surface area (Å²) in [6.07, 6.45) is 8.68. The number of nitro groups is 1. The first kappa shape index (κ1) is 10.6. The summed E-state index contributed by atoms with van der Waals surface area (Å²) in [5.74, 6) is -0.327. The lowest BCUT2D eigenvalue weighted by molar-refractivity contribution is -0.525. The molecule has 1 rings (SSSR count). The molecule has 0 saturated carbocycles. The third-order valence-corrected chi connectivity index (χ3v) is 1.34. The third kappa shape index (κ3) is 4.31.